The van der Waals surface area contributed by atoms with Crippen molar-refractivity contribution in [2.24, 2.45) is 0 Å². The van der Waals surface area contributed by atoms with E-state index in [1.165, 1.54) is 25.2 Å². The average molecular weight is 263 g/mol. The van der Waals surface area contributed by atoms with Crippen LogP contribution < -0.4 is 10.6 Å². The molecule has 0 aliphatic heterocycles. The summed E-state index contributed by atoms with van der Waals surface area (Å²) >= 11 is 0. The Morgan fingerprint density at radius 2 is 1.94 bits per heavy atom. The van der Waals surface area contributed by atoms with E-state index < -0.39 is 24.1 Å². The highest BCUT2D eigenvalue weighted by Gasteiger charge is 2.27. The van der Waals surface area contributed by atoms with Crippen LogP contribution in [-0.2, 0) is 0 Å². The molecule has 8 heteroatoms. The predicted octanol–water partition coefficient (Wildman–Crippen LogP) is 3.00. The summed E-state index contributed by atoms with van der Waals surface area (Å²) in [5.74, 6) is 0. The fourth-order valence-corrected chi connectivity index (χ4v) is 1.42. The van der Waals surface area contributed by atoms with Crippen molar-refractivity contribution >= 4 is 17.1 Å². The first-order valence-electron chi connectivity index (χ1n) is 5.11. The van der Waals surface area contributed by atoms with Gasteiger partial charge in [-0.25, -0.2) is 0 Å². The molecule has 0 saturated heterocycles. The van der Waals surface area contributed by atoms with Gasteiger partial charge in [-0.1, -0.05) is 6.07 Å². The van der Waals surface area contributed by atoms with Crippen LogP contribution in [-0.4, -0.2) is 24.7 Å². The number of nitrogens with one attached hydrogen (secondary N) is 2. The molecule has 0 aliphatic carbocycles. The first kappa shape index (κ1) is 14.1. The minimum atomic E-state index is -4.29. The molecule has 1 aromatic carbocycles. The Labute approximate surface area is 101 Å². The second-order valence-electron chi connectivity index (χ2n) is 3.50. The van der Waals surface area contributed by atoms with Crippen molar-refractivity contribution in [1.29, 1.82) is 0 Å². The van der Waals surface area contributed by atoms with E-state index in [4.69, 9.17) is 0 Å². The molecule has 0 atom stereocenters. The van der Waals surface area contributed by atoms with Crippen LogP contribution in [0.2, 0.25) is 0 Å². The number of nitro groups is 1. The Balaban J connectivity index is 2.85. The van der Waals surface area contributed by atoms with Gasteiger partial charge in [-0.2, -0.15) is 13.2 Å². The highest BCUT2D eigenvalue weighted by molar-refractivity contribution is 5.75. The number of para-hydroxylation sites is 1. The summed E-state index contributed by atoms with van der Waals surface area (Å²) in [4.78, 5) is 10.2. The number of nitro benzene ring substituents is 1. The SMILES string of the molecule is CNc1cccc(NCCC(F)(F)F)c1[N+](=O)[O-]. The molecule has 1 aromatic rings. The van der Waals surface area contributed by atoms with E-state index in [2.05, 4.69) is 10.6 Å². The Morgan fingerprint density at radius 3 is 2.44 bits per heavy atom. The number of hydrogen-bond donors (Lipinski definition) is 2. The van der Waals surface area contributed by atoms with E-state index in [0.717, 1.165) is 0 Å². The molecule has 5 nitrogen and oxygen atoms in total. The molecule has 0 unspecified atom stereocenters. The van der Waals surface area contributed by atoms with Gasteiger partial charge < -0.3 is 10.6 Å². The van der Waals surface area contributed by atoms with Crippen LogP contribution in [0.4, 0.5) is 30.2 Å². The molecule has 100 valence electrons. The Bertz CT molecular complexity index is 435. The normalized spacial score (nSPS) is 11.1. The molecule has 0 bridgehead atoms. The maximum Gasteiger partial charge on any atom is 0.390 e. The third-order valence-electron chi connectivity index (χ3n) is 2.21. The molecular weight excluding hydrogens is 251 g/mol. The van der Waals surface area contributed by atoms with Gasteiger partial charge in [-0.05, 0) is 12.1 Å². The molecule has 18 heavy (non-hydrogen) atoms. The molecule has 0 heterocycles. The molecule has 0 radical (unpaired) electrons. The van der Waals surface area contributed by atoms with E-state index in [1.54, 1.807) is 0 Å². The van der Waals surface area contributed by atoms with Crippen molar-refractivity contribution in [3.05, 3.63) is 28.3 Å². The molecule has 2 N–H and O–H groups in total. The number of rotatable bonds is 5. The van der Waals surface area contributed by atoms with Crippen LogP contribution in [0.5, 0.6) is 0 Å². The van der Waals surface area contributed by atoms with Crippen molar-refractivity contribution < 1.29 is 18.1 Å². The van der Waals surface area contributed by atoms with Gasteiger partial charge in [0.25, 0.3) is 0 Å². The lowest BCUT2D eigenvalue weighted by atomic mass is 10.2. The number of benzene rings is 1. The number of halogens is 3. The highest BCUT2D eigenvalue weighted by Crippen LogP contribution is 2.32. The summed E-state index contributed by atoms with van der Waals surface area (Å²) in [5, 5.41) is 15.9. The van der Waals surface area contributed by atoms with Gasteiger partial charge in [0.1, 0.15) is 11.4 Å². The zero-order valence-corrected chi connectivity index (χ0v) is 9.54. The van der Waals surface area contributed by atoms with Gasteiger partial charge in [-0.3, -0.25) is 10.1 Å². The molecule has 0 aliphatic rings. The minimum Gasteiger partial charge on any atom is -0.382 e. The Hall–Kier alpha value is -1.99. The standard InChI is InChI=1S/C10H12F3N3O2/c1-14-7-3-2-4-8(9(7)16(17)18)15-6-5-10(11,12)13/h2-4,14-15H,5-6H2,1H3. The van der Waals surface area contributed by atoms with Crippen molar-refractivity contribution in [2.75, 3.05) is 24.2 Å². The predicted molar refractivity (Wildman–Crippen MR) is 61.8 cm³/mol. The molecule has 0 fully saturated rings. The number of hydrogen-bond acceptors (Lipinski definition) is 4. The van der Waals surface area contributed by atoms with E-state index in [-0.39, 0.29) is 17.1 Å². The molecule has 0 saturated carbocycles. The quantitative estimate of drug-likeness (QED) is 0.633. The van der Waals surface area contributed by atoms with Gasteiger partial charge in [-0.15, -0.1) is 0 Å². The first-order valence-corrected chi connectivity index (χ1v) is 5.11. The van der Waals surface area contributed by atoms with Crippen molar-refractivity contribution in [1.82, 2.24) is 0 Å². The van der Waals surface area contributed by atoms with Crippen LogP contribution in [0, 0.1) is 10.1 Å². The lowest BCUT2D eigenvalue weighted by Crippen LogP contribution is -2.15. The molecule has 0 spiro atoms. The van der Waals surface area contributed by atoms with Gasteiger partial charge in [0, 0.05) is 13.6 Å². The molecule has 0 aromatic heterocycles. The minimum absolute atomic E-state index is 0.0658. The second-order valence-corrected chi connectivity index (χ2v) is 3.50. The lowest BCUT2D eigenvalue weighted by Gasteiger charge is -2.11. The van der Waals surface area contributed by atoms with Gasteiger partial charge >= 0.3 is 11.9 Å². The zero-order chi connectivity index (χ0) is 13.8. The number of alkyl halides is 3. The first-order chi connectivity index (χ1) is 8.35. The topological polar surface area (TPSA) is 67.2 Å². The van der Waals surface area contributed by atoms with E-state index in [1.807, 2.05) is 0 Å². The van der Waals surface area contributed by atoms with Crippen molar-refractivity contribution in [3.63, 3.8) is 0 Å². The largest absolute Gasteiger partial charge is 0.390 e. The van der Waals surface area contributed by atoms with Crippen LogP contribution in [0.1, 0.15) is 6.42 Å². The Morgan fingerprint density at radius 1 is 1.33 bits per heavy atom. The summed E-state index contributed by atoms with van der Waals surface area (Å²) < 4.78 is 35.9. The molecule has 0 amide bonds. The smallest absolute Gasteiger partial charge is 0.382 e. The summed E-state index contributed by atoms with van der Waals surface area (Å²) in [7, 11) is 1.50. The summed E-state index contributed by atoms with van der Waals surface area (Å²) in [6.07, 6.45) is -5.34. The van der Waals surface area contributed by atoms with Gasteiger partial charge in [0.2, 0.25) is 0 Å². The van der Waals surface area contributed by atoms with E-state index in [9.17, 15) is 23.3 Å². The second kappa shape index (κ2) is 5.56. The van der Waals surface area contributed by atoms with Crippen molar-refractivity contribution in [2.45, 2.75) is 12.6 Å². The van der Waals surface area contributed by atoms with Crippen LogP contribution >= 0.6 is 0 Å². The average Bonchev–Trinajstić information content (AvgIpc) is 2.26. The van der Waals surface area contributed by atoms with Crippen molar-refractivity contribution in [3.8, 4) is 0 Å². The van der Waals surface area contributed by atoms with Crippen LogP contribution in [0.15, 0.2) is 18.2 Å². The summed E-state index contributed by atoms with van der Waals surface area (Å²) in [5.41, 5.74) is 0.0512. The highest BCUT2D eigenvalue weighted by atomic mass is 19.4. The summed E-state index contributed by atoms with van der Waals surface area (Å²) in [6, 6.07) is 4.37. The maximum absolute atomic E-state index is 12.0. The molecular formula is C10H12F3N3O2. The maximum atomic E-state index is 12.0. The zero-order valence-electron chi connectivity index (χ0n) is 9.54. The lowest BCUT2D eigenvalue weighted by molar-refractivity contribution is -0.383. The summed E-state index contributed by atoms with van der Waals surface area (Å²) in [6.45, 7) is -0.405. The third-order valence-corrected chi connectivity index (χ3v) is 2.21. The van der Waals surface area contributed by atoms with Crippen LogP contribution in [0.25, 0.3) is 0 Å². The van der Waals surface area contributed by atoms with Crippen LogP contribution in [0.3, 0.4) is 0 Å². The van der Waals surface area contributed by atoms with E-state index in [0.29, 0.717) is 0 Å². The fraction of sp³-hybridized carbons (Fsp3) is 0.400. The number of nitrogens with zero attached hydrogens (tertiary/aromatic N) is 1. The fourth-order valence-electron chi connectivity index (χ4n) is 1.42. The molecule has 1 rings (SSSR count). The van der Waals surface area contributed by atoms with Gasteiger partial charge in [0.15, 0.2) is 0 Å². The van der Waals surface area contributed by atoms with E-state index >= 15 is 0 Å². The number of anilines is 2. The van der Waals surface area contributed by atoms with Gasteiger partial charge in [0.05, 0.1) is 11.3 Å². The third kappa shape index (κ3) is 3.79. The Kier molecular flexibility index (Phi) is 4.35. The monoisotopic (exact) mass is 263 g/mol.